The lowest BCUT2D eigenvalue weighted by molar-refractivity contribution is 0.0952. The van der Waals surface area contributed by atoms with Gasteiger partial charge in [0, 0.05) is 16.4 Å². The maximum Gasteiger partial charge on any atom is 0.252 e. The Labute approximate surface area is 110 Å². The molecular formula is C12H15BrClNO. The van der Waals surface area contributed by atoms with Crippen LogP contribution in [0.25, 0.3) is 0 Å². The van der Waals surface area contributed by atoms with Gasteiger partial charge in [-0.1, -0.05) is 19.1 Å². The SMILES string of the molecule is CCC(Cl)CCNC(=O)c1ccccc1Br. The lowest BCUT2D eigenvalue weighted by Gasteiger charge is -2.08. The van der Waals surface area contributed by atoms with E-state index >= 15 is 0 Å². The Morgan fingerprint density at radius 3 is 2.81 bits per heavy atom. The Bertz CT molecular complexity index is 357. The van der Waals surface area contributed by atoms with Crippen molar-refractivity contribution in [2.75, 3.05) is 6.54 Å². The summed E-state index contributed by atoms with van der Waals surface area (Å²) in [7, 11) is 0. The van der Waals surface area contributed by atoms with E-state index in [0.717, 1.165) is 17.3 Å². The molecule has 0 aromatic heterocycles. The van der Waals surface area contributed by atoms with Crippen LogP contribution in [-0.2, 0) is 0 Å². The lowest BCUT2D eigenvalue weighted by atomic mass is 10.2. The first-order valence-corrected chi connectivity index (χ1v) is 6.55. The number of hydrogen-bond donors (Lipinski definition) is 1. The monoisotopic (exact) mass is 303 g/mol. The van der Waals surface area contributed by atoms with Crippen LogP contribution >= 0.6 is 27.5 Å². The highest BCUT2D eigenvalue weighted by atomic mass is 79.9. The van der Waals surface area contributed by atoms with Crippen molar-refractivity contribution in [1.82, 2.24) is 5.32 Å². The predicted octanol–water partition coefficient (Wildman–Crippen LogP) is 3.59. The van der Waals surface area contributed by atoms with Crippen molar-refractivity contribution in [2.45, 2.75) is 25.1 Å². The minimum atomic E-state index is -0.0626. The molecule has 0 saturated carbocycles. The molecule has 0 heterocycles. The number of nitrogens with one attached hydrogen (secondary N) is 1. The number of carbonyl (C=O) groups is 1. The second kappa shape index (κ2) is 6.92. The number of benzene rings is 1. The summed E-state index contributed by atoms with van der Waals surface area (Å²) in [5.74, 6) is -0.0626. The molecule has 4 heteroatoms. The molecule has 16 heavy (non-hydrogen) atoms. The van der Waals surface area contributed by atoms with E-state index in [1.165, 1.54) is 0 Å². The van der Waals surface area contributed by atoms with E-state index < -0.39 is 0 Å². The Balaban J connectivity index is 2.44. The number of halogens is 2. The van der Waals surface area contributed by atoms with Crippen molar-refractivity contribution in [3.63, 3.8) is 0 Å². The standard InChI is InChI=1S/C12H15BrClNO/c1-2-9(14)7-8-15-12(16)10-5-3-4-6-11(10)13/h3-6,9H,2,7-8H2,1H3,(H,15,16). The van der Waals surface area contributed by atoms with Crippen LogP contribution in [0, 0.1) is 0 Å². The van der Waals surface area contributed by atoms with Gasteiger partial charge in [0.1, 0.15) is 0 Å². The molecule has 0 fully saturated rings. The lowest BCUT2D eigenvalue weighted by Crippen LogP contribution is -2.26. The second-order valence-corrected chi connectivity index (χ2v) is 5.00. The van der Waals surface area contributed by atoms with Crippen molar-refractivity contribution < 1.29 is 4.79 Å². The molecule has 1 unspecified atom stereocenters. The molecule has 0 bridgehead atoms. The summed E-state index contributed by atoms with van der Waals surface area (Å²) in [6.07, 6.45) is 1.72. The summed E-state index contributed by atoms with van der Waals surface area (Å²) in [4.78, 5) is 11.8. The summed E-state index contributed by atoms with van der Waals surface area (Å²) < 4.78 is 0.811. The first-order valence-electron chi connectivity index (χ1n) is 5.32. The molecule has 1 amide bonds. The van der Waals surface area contributed by atoms with Gasteiger partial charge in [0.25, 0.3) is 5.91 Å². The van der Waals surface area contributed by atoms with Crippen LogP contribution in [-0.4, -0.2) is 17.8 Å². The normalized spacial score (nSPS) is 12.2. The number of carbonyl (C=O) groups excluding carboxylic acids is 1. The molecule has 0 spiro atoms. The van der Waals surface area contributed by atoms with Gasteiger partial charge in [-0.3, -0.25) is 4.79 Å². The highest BCUT2D eigenvalue weighted by Gasteiger charge is 2.09. The van der Waals surface area contributed by atoms with Crippen molar-refractivity contribution >= 4 is 33.4 Å². The van der Waals surface area contributed by atoms with Gasteiger partial charge in [0.05, 0.1) is 5.56 Å². The van der Waals surface area contributed by atoms with Gasteiger partial charge < -0.3 is 5.32 Å². The highest BCUT2D eigenvalue weighted by molar-refractivity contribution is 9.10. The minimum absolute atomic E-state index is 0.0626. The molecule has 1 rings (SSSR count). The van der Waals surface area contributed by atoms with Gasteiger partial charge in [0.15, 0.2) is 0 Å². The van der Waals surface area contributed by atoms with E-state index in [1.807, 2.05) is 25.1 Å². The number of hydrogen-bond acceptors (Lipinski definition) is 1. The first kappa shape index (κ1) is 13.5. The average molecular weight is 305 g/mol. The maximum absolute atomic E-state index is 11.8. The van der Waals surface area contributed by atoms with E-state index in [2.05, 4.69) is 21.2 Å². The molecule has 0 aliphatic carbocycles. The van der Waals surface area contributed by atoms with Crippen molar-refractivity contribution in [3.8, 4) is 0 Å². The van der Waals surface area contributed by atoms with Gasteiger partial charge in [-0.15, -0.1) is 11.6 Å². The molecule has 1 aromatic carbocycles. The fraction of sp³-hybridized carbons (Fsp3) is 0.417. The quantitative estimate of drug-likeness (QED) is 0.828. The molecule has 0 aliphatic heterocycles. The van der Waals surface area contributed by atoms with Crippen LogP contribution in [0.3, 0.4) is 0 Å². The molecule has 0 aliphatic rings. The third-order valence-corrected chi connectivity index (χ3v) is 3.52. The summed E-state index contributed by atoms with van der Waals surface area (Å²) in [6.45, 7) is 2.65. The Hall–Kier alpha value is -0.540. The molecule has 1 atom stereocenters. The van der Waals surface area contributed by atoms with E-state index in [9.17, 15) is 4.79 Å². The second-order valence-electron chi connectivity index (χ2n) is 3.53. The van der Waals surface area contributed by atoms with Gasteiger partial charge in [0.2, 0.25) is 0 Å². The van der Waals surface area contributed by atoms with Gasteiger partial charge in [-0.2, -0.15) is 0 Å². The Morgan fingerprint density at radius 2 is 2.19 bits per heavy atom. The van der Waals surface area contributed by atoms with Crippen LogP contribution in [0.5, 0.6) is 0 Å². The smallest absolute Gasteiger partial charge is 0.252 e. The van der Waals surface area contributed by atoms with E-state index in [-0.39, 0.29) is 11.3 Å². The zero-order valence-electron chi connectivity index (χ0n) is 9.17. The summed E-state index contributed by atoms with van der Waals surface area (Å²) in [6, 6.07) is 7.37. The molecule has 1 N–H and O–H groups in total. The first-order chi connectivity index (χ1) is 7.65. The molecule has 0 radical (unpaired) electrons. The van der Waals surface area contributed by atoms with Crippen LogP contribution < -0.4 is 5.32 Å². The van der Waals surface area contributed by atoms with Crippen molar-refractivity contribution in [3.05, 3.63) is 34.3 Å². The largest absolute Gasteiger partial charge is 0.352 e. The third-order valence-electron chi connectivity index (χ3n) is 2.30. The summed E-state index contributed by atoms with van der Waals surface area (Å²) in [5.41, 5.74) is 0.658. The fourth-order valence-corrected chi connectivity index (χ4v) is 1.86. The zero-order chi connectivity index (χ0) is 12.0. The fourth-order valence-electron chi connectivity index (χ4n) is 1.29. The molecular weight excluding hydrogens is 289 g/mol. The zero-order valence-corrected chi connectivity index (χ0v) is 11.5. The average Bonchev–Trinajstić information content (AvgIpc) is 2.29. The van der Waals surface area contributed by atoms with E-state index in [0.29, 0.717) is 12.1 Å². The number of rotatable bonds is 5. The highest BCUT2D eigenvalue weighted by Crippen LogP contribution is 2.15. The van der Waals surface area contributed by atoms with Crippen molar-refractivity contribution in [1.29, 1.82) is 0 Å². The summed E-state index contributed by atoms with van der Waals surface area (Å²) >= 11 is 9.31. The third kappa shape index (κ3) is 4.14. The van der Waals surface area contributed by atoms with Crippen molar-refractivity contribution in [2.24, 2.45) is 0 Å². The molecule has 0 saturated heterocycles. The summed E-state index contributed by atoms with van der Waals surface area (Å²) in [5, 5.41) is 2.99. The van der Waals surface area contributed by atoms with E-state index in [4.69, 9.17) is 11.6 Å². The molecule has 2 nitrogen and oxygen atoms in total. The van der Waals surface area contributed by atoms with E-state index in [1.54, 1.807) is 6.07 Å². The van der Waals surface area contributed by atoms with Gasteiger partial charge in [-0.25, -0.2) is 0 Å². The molecule has 1 aromatic rings. The number of amides is 1. The topological polar surface area (TPSA) is 29.1 Å². The van der Waals surface area contributed by atoms with Gasteiger partial charge in [-0.05, 0) is 40.9 Å². The molecule has 88 valence electrons. The van der Waals surface area contributed by atoms with Crippen LogP contribution in [0.4, 0.5) is 0 Å². The predicted molar refractivity (Wildman–Crippen MR) is 71.0 cm³/mol. The maximum atomic E-state index is 11.8. The van der Waals surface area contributed by atoms with Gasteiger partial charge >= 0.3 is 0 Å². The number of alkyl halides is 1. The van der Waals surface area contributed by atoms with Crippen LogP contribution in [0.1, 0.15) is 30.1 Å². The minimum Gasteiger partial charge on any atom is -0.352 e. The van der Waals surface area contributed by atoms with Crippen LogP contribution in [0.2, 0.25) is 0 Å². The Kier molecular flexibility index (Phi) is 5.85. The Morgan fingerprint density at radius 1 is 1.50 bits per heavy atom. The van der Waals surface area contributed by atoms with Crippen LogP contribution in [0.15, 0.2) is 28.7 Å².